The predicted molar refractivity (Wildman–Crippen MR) is 120 cm³/mol. The van der Waals surface area contributed by atoms with Gasteiger partial charge in [-0.15, -0.1) is 0 Å². The van der Waals surface area contributed by atoms with E-state index in [0.717, 1.165) is 18.4 Å². The largest absolute Gasteiger partial charge is 0.496 e. The second-order valence-corrected chi connectivity index (χ2v) is 9.86. The number of ether oxygens (including phenoxy) is 2. The summed E-state index contributed by atoms with van der Waals surface area (Å²) in [4.78, 5) is 17.5. The number of nitrogens with zero attached hydrogens (tertiary/aromatic N) is 1. The number of methoxy groups -OCH3 is 1. The molecule has 32 heavy (non-hydrogen) atoms. The average molecular weight is 453 g/mol. The molecule has 1 aliphatic heterocycles. The maximum Gasteiger partial charge on any atom is 0.264 e. The molecule has 1 fully saturated rings. The Hall–Kier alpha value is -3.13. The molecule has 166 valence electrons. The number of benzene rings is 2. The highest BCUT2D eigenvalue weighted by Crippen LogP contribution is 2.49. The third-order valence-electron chi connectivity index (χ3n) is 6.40. The van der Waals surface area contributed by atoms with Crippen molar-refractivity contribution in [3.05, 3.63) is 59.8 Å². The van der Waals surface area contributed by atoms with E-state index in [2.05, 4.69) is 9.71 Å². The smallest absolute Gasteiger partial charge is 0.264 e. The number of hydrogen-bond donors (Lipinski definition) is 1. The van der Waals surface area contributed by atoms with E-state index in [1.165, 1.54) is 12.5 Å². The van der Waals surface area contributed by atoms with E-state index in [1.807, 2.05) is 12.1 Å². The summed E-state index contributed by atoms with van der Waals surface area (Å²) in [6.45, 7) is 0.343. The Labute approximate surface area is 186 Å². The second kappa shape index (κ2) is 8.09. The van der Waals surface area contributed by atoms with E-state index >= 15 is 0 Å². The molecule has 2 aliphatic rings. The van der Waals surface area contributed by atoms with Crippen LogP contribution >= 0.6 is 0 Å². The van der Waals surface area contributed by atoms with E-state index in [9.17, 15) is 13.2 Å². The Morgan fingerprint density at radius 3 is 2.72 bits per heavy atom. The van der Waals surface area contributed by atoms with Gasteiger partial charge in [-0.25, -0.2) is 13.1 Å². The minimum Gasteiger partial charge on any atom is -0.496 e. The summed E-state index contributed by atoms with van der Waals surface area (Å²) < 4.78 is 40.2. The number of carbonyl (C=O) groups is 1. The van der Waals surface area contributed by atoms with Crippen LogP contribution in [0.5, 0.6) is 11.5 Å². The molecule has 0 bridgehead atoms. The molecular formula is C24H24N2O5S. The summed E-state index contributed by atoms with van der Waals surface area (Å²) in [5, 5.41) is 0.465. The monoisotopic (exact) mass is 452 g/mol. The molecule has 7 nitrogen and oxygen atoms in total. The van der Waals surface area contributed by atoms with Crippen LogP contribution in [-0.2, 0) is 14.8 Å². The van der Waals surface area contributed by atoms with Crippen LogP contribution in [0.1, 0.15) is 48.6 Å². The lowest BCUT2D eigenvalue weighted by atomic mass is 9.77. The molecule has 8 heteroatoms. The van der Waals surface area contributed by atoms with E-state index in [0.29, 0.717) is 46.9 Å². The zero-order valence-electron chi connectivity index (χ0n) is 17.7. The first-order valence-corrected chi connectivity index (χ1v) is 12.2. The summed E-state index contributed by atoms with van der Waals surface area (Å²) in [6.07, 6.45) is 5.32. The number of hydrogen-bond acceptors (Lipinski definition) is 6. The molecule has 1 aromatic heterocycles. The number of pyridine rings is 1. The number of amides is 1. The summed E-state index contributed by atoms with van der Waals surface area (Å²) in [5.74, 6) is 0.349. The fourth-order valence-corrected chi connectivity index (χ4v) is 5.80. The minimum absolute atomic E-state index is 0.0268. The Bertz CT molecular complexity index is 1300. The van der Waals surface area contributed by atoms with Crippen LogP contribution in [0.25, 0.3) is 10.9 Å². The minimum atomic E-state index is -4.10. The van der Waals surface area contributed by atoms with Crippen LogP contribution in [0.3, 0.4) is 0 Å². The molecule has 3 aromatic rings. The molecule has 2 heterocycles. The van der Waals surface area contributed by atoms with Crippen molar-refractivity contribution in [2.75, 3.05) is 13.7 Å². The van der Waals surface area contributed by atoms with Crippen molar-refractivity contribution < 1.29 is 22.7 Å². The highest BCUT2D eigenvalue weighted by atomic mass is 32.2. The molecule has 1 saturated carbocycles. The zero-order chi connectivity index (χ0) is 22.3. The third-order valence-corrected chi connectivity index (χ3v) is 7.80. The number of sulfonamides is 1. The third kappa shape index (κ3) is 3.48. The summed E-state index contributed by atoms with van der Waals surface area (Å²) in [6, 6.07) is 12.0. The molecule has 2 aromatic carbocycles. The van der Waals surface area contributed by atoms with E-state index < -0.39 is 21.8 Å². The normalized spacial score (nSPS) is 18.3. The van der Waals surface area contributed by atoms with Crippen molar-refractivity contribution in [3.8, 4) is 11.5 Å². The molecule has 0 saturated heterocycles. The fourth-order valence-electron chi connectivity index (χ4n) is 4.56. The zero-order valence-corrected chi connectivity index (χ0v) is 18.5. The van der Waals surface area contributed by atoms with Crippen LogP contribution in [0.4, 0.5) is 0 Å². The van der Waals surface area contributed by atoms with Crippen LogP contribution in [0.15, 0.2) is 53.6 Å². The number of nitrogens with one attached hydrogen (secondary N) is 1. The predicted octanol–water partition coefficient (Wildman–Crippen LogP) is 3.88. The van der Waals surface area contributed by atoms with Crippen molar-refractivity contribution in [2.24, 2.45) is 0 Å². The van der Waals surface area contributed by atoms with Gasteiger partial charge in [0.25, 0.3) is 10.0 Å². The summed E-state index contributed by atoms with van der Waals surface area (Å²) in [7, 11) is -2.55. The van der Waals surface area contributed by atoms with Crippen LogP contribution in [0, 0.1) is 0 Å². The first-order valence-electron chi connectivity index (χ1n) is 10.7. The molecule has 1 unspecified atom stereocenters. The Kier molecular flexibility index (Phi) is 5.25. The second-order valence-electron chi connectivity index (χ2n) is 8.21. The SMILES string of the molecule is COc1ccc(C2CCC2)c2c1C(C(=O)NS(=O)(=O)c1cccc3ncccc13)CCO2. The topological polar surface area (TPSA) is 94.6 Å². The van der Waals surface area contributed by atoms with Gasteiger partial charge in [0, 0.05) is 17.1 Å². The maximum atomic E-state index is 13.3. The number of aromatic nitrogens is 1. The van der Waals surface area contributed by atoms with Crippen LogP contribution in [0.2, 0.25) is 0 Å². The van der Waals surface area contributed by atoms with Crippen molar-refractivity contribution >= 4 is 26.8 Å². The van der Waals surface area contributed by atoms with Crippen molar-refractivity contribution in [3.63, 3.8) is 0 Å². The highest BCUT2D eigenvalue weighted by molar-refractivity contribution is 7.90. The van der Waals surface area contributed by atoms with Crippen LogP contribution < -0.4 is 14.2 Å². The Morgan fingerprint density at radius 1 is 1.12 bits per heavy atom. The van der Waals surface area contributed by atoms with Gasteiger partial charge in [-0.1, -0.05) is 18.6 Å². The lowest BCUT2D eigenvalue weighted by Crippen LogP contribution is -2.37. The molecular weight excluding hydrogens is 428 g/mol. The molecule has 1 N–H and O–H groups in total. The maximum absolute atomic E-state index is 13.3. The van der Waals surface area contributed by atoms with Gasteiger partial charge in [0.05, 0.1) is 30.0 Å². The first kappa shape index (κ1) is 20.8. The van der Waals surface area contributed by atoms with E-state index in [1.54, 1.807) is 37.6 Å². The first-order chi connectivity index (χ1) is 15.5. The number of rotatable bonds is 5. The fraction of sp³-hybridized carbons (Fsp3) is 0.333. The van der Waals surface area contributed by atoms with E-state index in [-0.39, 0.29) is 4.90 Å². The Balaban J connectivity index is 1.51. The Morgan fingerprint density at radius 2 is 1.97 bits per heavy atom. The molecule has 0 spiro atoms. The van der Waals surface area contributed by atoms with Crippen LogP contribution in [-0.4, -0.2) is 33.0 Å². The molecule has 1 aliphatic carbocycles. The van der Waals surface area contributed by atoms with Crippen molar-refractivity contribution in [2.45, 2.75) is 42.4 Å². The van der Waals surface area contributed by atoms with Gasteiger partial charge >= 0.3 is 0 Å². The van der Waals surface area contributed by atoms with E-state index in [4.69, 9.17) is 9.47 Å². The lowest BCUT2D eigenvalue weighted by Gasteiger charge is -2.33. The van der Waals surface area contributed by atoms with Gasteiger partial charge in [0.2, 0.25) is 5.91 Å². The standard InChI is InChI=1S/C24H24N2O5S/c1-30-20-11-10-16(15-5-2-6-15)23-22(20)18(12-14-31-23)24(27)26-32(28,29)21-9-3-8-19-17(21)7-4-13-25-19/h3-4,7-11,13,15,18H,2,5-6,12,14H2,1H3,(H,26,27). The van der Waals surface area contributed by atoms with Crippen molar-refractivity contribution in [1.29, 1.82) is 0 Å². The van der Waals surface area contributed by atoms with Gasteiger partial charge in [0.15, 0.2) is 0 Å². The quantitative estimate of drug-likeness (QED) is 0.631. The number of carbonyl (C=O) groups excluding carboxylic acids is 1. The average Bonchev–Trinajstić information content (AvgIpc) is 2.77. The molecule has 1 amide bonds. The summed E-state index contributed by atoms with van der Waals surface area (Å²) in [5.41, 5.74) is 2.26. The summed E-state index contributed by atoms with van der Waals surface area (Å²) >= 11 is 0. The highest BCUT2D eigenvalue weighted by Gasteiger charge is 2.37. The van der Waals surface area contributed by atoms with Gasteiger partial charge < -0.3 is 9.47 Å². The van der Waals surface area contributed by atoms with Gasteiger partial charge in [-0.2, -0.15) is 0 Å². The molecule has 0 radical (unpaired) electrons. The van der Waals surface area contributed by atoms with Crippen molar-refractivity contribution in [1.82, 2.24) is 9.71 Å². The molecule has 1 atom stereocenters. The van der Waals surface area contributed by atoms with Gasteiger partial charge in [-0.05, 0) is 61.1 Å². The molecule has 5 rings (SSSR count). The van der Waals surface area contributed by atoms with Gasteiger partial charge in [0.1, 0.15) is 11.5 Å². The van der Waals surface area contributed by atoms with Gasteiger partial charge in [-0.3, -0.25) is 9.78 Å². The lowest BCUT2D eigenvalue weighted by molar-refractivity contribution is -0.121. The number of fused-ring (bicyclic) bond motifs is 2.